The van der Waals surface area contributed by atoms with Gasteiger partial charge in [-0.3, -0.25) is 14.5 Å². The number of carbonyl (C=O) groups excluding carboxylic acids is 2. The Balaban J connectivity index is 1.81. The maximum absolute atomic E-state index is 13.1. The average molecular weight is 480 g/mol. The van der Waals surface area contributed by atoms with E-state index in [1.807, 2.05) is 0 Å². The lowest BCUT2D eigenvalue weighted by molar-refractivity contribution is -0.162. The van der Waals surface area contributed by atoms with Crippen molar-refractivity contribution in [3.05, 3.63) is 18.2 Å². The zero-order chi connectivity index (χ0) is 24.2. The second-order valence-corrected chi connectivity index (χ2v) is 7.77. The number of morpholine rings is 1. The standard InChI is InChI=1S/C20H25F5N4O4/c21-19(22)33-16-8-12(4-5-14(16)28-6-7-32-10-17(28)30)27-18(31)15(9-26)29(11-20(23,24)25)13-2-1-3-13/h4-5,8,13,15,19H,1-3,6-7,9-11,26H2,(H,27,31)/t15-/m0/s1. The SMILES string of the molecule is NC[C@@H](C(=O)Nc1ccc(N2CCOCC2=O)c(OC(F)F)c1)N(CC(F)(F)F)C1CCC1. The van der Waals surface area contributed by atoms with Crippen LogP contribution in [0.3, 0.4) is 0 Å². The minimum atomic E-state index is -4.52. The molecule has 8 nitrogen and oxygen atoms in total. The Morgan fingerprint density at radius 1 is 1.33 bits per heavy atom. The van der Waals surface area contributed by atoms with Crippen LogP contribution in [0, 0.1) is 0 Å². The lowest BCUT2D eigenvalue weighted by atomic mass is 9.90. The predicted molar refractivity (Wildman–Crippen MR) is 108 cm³/mol. The maximum atomic E-state index is 13.1. The van der Waals surface area contributed by atoms with E-state index in [0.29, 0.717) is 12.8 Å². The van der Waals surface area contributed by atoms with Crippen molar-refractivity contribution in [2.45, 2.75) is 44.1 Å². The summed E-state index contributed by atoms with van der Waals surface area (Å²) in [5.41, 5.74) is 5.72. The van der Waals surface area contributed by atoms with E-state index < -0.39 is 43.2 Å². The normalized spacial score (nSPS) is 18.4. The van der Waals surface area contributed by atoms with E-state index in [1.54, 1.807) is 0 Å². The van der Waals surface area contributed by atoms with Gasteiger partial charge >= 0.3 is 12.8 Å². The predicted octanol–water partition coefficient (Wildman–Crippen LogP) is 2.33. The Morgan fingerprint density at radius 2 is 2.06 bits per heavy atom. The van der Waals surface area contributed by atoms with Gasteiger partial charge in [0.2, 0.25) is 5.91 Å². The molecule has 2 aliphatic rings. The van der Waals surface area contributed by atoms with E-state index in [0.717, 1.165) is 17.4 Å². The molecule has 33 heavy (non-hydrogen) atoms. The monoisotopic (exact) mass is 480 g/mol. The van der Waals surface area contributed by atoms with Crippen LogP contribution in [-0.2, 0) is 14.3 Å². The van der Waals surface area contributed by atoms with Gasteiger partial charge in [0.1, 0.15) is 12.6 Å². The van der Waals surface area contributed by atoms with E-state index in [1.165, 1.54) is 17.0 Å². The quantitative estimate of drug-likeness (QED) is 0.527. The van der Waals surface area contributed by atoms with E-state index in [-0.39, 0.29) is 43.4 Å². The summed E-state index contributed by atoms with van der Waals surface area (Å²) in [6.45, 7) is -4.76. The zero-order valence-electron chi connectivity index (χ0n) is 17.6. The number of halogens is 5. The Bertz CT molecular complexity index is 850. The van der Waals surface area contributed by atoms with E-state index in [4.69, 9.17) is 10.5 Å². The minimum Gasteiger partial charge on any atom is -0.433 e. The Morgan fingerprint density at radius 3 is 2.61 bits per heavy atom. The summed E-state index contributed by atoms with van der Waals surface area (Å²) >= 11 is 0. The molecule has 2 amide bonds. The largest absolute Gasteiger partial charge is 0.433 e. The second-order valence-electron chi connectivity index (χ2n) is 7.77. The Hall–Kier alpha value is -2.51. The van der Waals surface area contributed by atoms with Gasteiger partial charge in [0, 0.05) is 30.9 Å². The summed E-state index contributed by atoms with van der Waals surface area (Å²) in [7, 11) is 0. The molecule has 13 heteroatoms. The van der Waals surface area contributed by atoms with Crippen LogP contribution in [-0.4, -0.2) is 74.4 Å². The molecule has 2 fully saturated rings. The summed E-state index contributed by atoms with van der Waals surface area (Å²) in [6.07, 6.45) is -2.72. The summed E-state index contributed by atoms with van der Waals surface area (Å²) in [5.74, 6) is -1.62. The average Bonchev–Trinajstić information content (AvgIpc) is 2.66. The number of carbonyl (C=O) groups is 2. The first-order chi connectivity index (χ1) is 15.6. The van der Waals surface area contributed by atoms with Crippen molar-refractivity contribution in [3.63, 3.8) is 0 Å². The highest BCUT2D eigenvalue weighted by Crippen LogP contribution is 2.34. The summed E-state index contributed by atoms with van der Waals surface area (Å²) < 4.78 is 74.8. The number of ether oxygens (including phenoxy) is 2. The number of amides is 2. The van der Waals surface area contributed by atoms with Crippen LogP contribution in [0.5, 0.6) is 5.75 Å². The third-order valence-electron chi connectivity index (χ3n) is 5.55. The van der Waals surface area contributed by atoms with E-state index >= 15 is 0 Å². The first-order valence-corrected chi connectivity index (χ1v) is 10.4. The fourth-order valence-corrected chi connectivity index (χ4v) is 3.82. The van der Waals surface area contributed by atoms with Gasteiger partial charge in [0.25, 0.3) is 5.91 Å². The van der Waals surface area contributed by atoms with Crippen molar-refractivity contribution in [2.24, 2.45) is 5.73 Å². The van der Waals surface area contributed by atoms with Gasteiger partial charge in [-0.05, 0) is 25.0 Å². The van der Waals surface area contributed by atoms with Gasteiger partial charge in [-0.1, -0.05) is 6.42 Å². The van der Waals surface area contributed by atoms with Gasteiger partial charge in [0.05, 0.1) is 18.8 Å². The highest BCUT2D eigenvalue weighted by Gasteiger charge is 2.41. The lowest BCUT2D eigenvalue weighted by Crippen LogP contribution is -2.57. The highest BCUT2D eigenvalue weighted by atomic mass is 19.4. The molecule has 1 aromatic rings. The molecular weight excluding hydrogens is 455 g/mol. The number of nitrogens with one attached hydrogen (secondary N) is 1. The van der Waals surface area contributed by atoms with Gasteiger partial charge < -0.3 is 25.4 Å². The molecule has 0 unspecified atom stereocenters. The first-order valence-electron chi connectivity index (χ1n) is 10.4. The van der Waals surface area contributed by atoms with Crippen LogP contribution in [0.15, 0.2) is 18.2 Å². The maximum Gasteiger partial charge on any atom is 0.401 e. The van der Waals surface area contributed by atoms with Gasteiger partial charge in [0.15, 0.2) is 5.75 Å². The number of nitrogens with two attached hydrogens (primary N) is 1. The summed E-state index contributed by atoms with van der Waals surface area (Å²) in [4.78, 5) is 27.2. The lowest BCUT2D eigenvalue weighted by Gasteiger charge is -2.41. The van der Waals surface area contributed by atoms with Crippen molar-refractivity contribution in [2.75, 3.05) is 43.1 Å². The number of alkyl halides is 5. The molecule has 1 saturated carbocycles. The highest BCUT2D eigenvalue weighted by molar-refractivity contribution is 5.98. The van der Waals surface area contributed by atoms with Crippen LogP contribution in [0.2, 0.25) is 0 Å². The smallest absolute Gasteiger partial charge is 0.401 e. The summed E-state index contributed by atoms with van der Waals surface area (Å²) in [5, 5.41) is 2.44. The van der Waals surface area contributed by atoms with E-state index in [2.05, 4.69) is 10.1 Å². The number of anilines is 2. The molecule has 3 rings (SSSR count). The van der Waals surface area contributed by atoms with Gasteiger partial charge in [-0.25, -0.2) is 0 Å². The number of nitrogens with zero attached hydrogens (tertiary/aromatic N) is 2. The minimum absolute atomic E-state index is 0.0131. The van der Waals surface area contributed by atoms with Crippen molar-refractivity contribution >= 4 is 23.2 Å². The van der Waals surface area contributed by atoms with Crippen LogP contribution in [0.4, 0.5) is 33.3 Å². The molecule has 1 aliphatic carbocycles. The fraction of sp³-hybridized carbons (Fsp3) is 0.600. The molecule has 1 aromatic carbocycles. The Kier molecular flexibility index (Phi) is 8.08. The van der Waals surface area contributed by atoms with Crippen molar-refractivity contribution in [1.29, 1.82) is 0 Å². The molecule has 1 saturated heterocycles. The molecule has 0 radical (unpaired) electrons. The molecule has 3 N–H and O–H groups in total. The van der Waals surface area contributed by atoms with Gasteiger partial charge in [-0.2, -0.15) is 22.0 Å². The molecule has 0 aromatic heterocycles. The van der Waals surface area contributed by atoms with Crippen molar-refractivity contribution in [3.8, 4) is 5.75 Å². The summed E-state index contributed by atoms with van der Waals surface area (Å²) in [6, 6.07) is 2.06. The number of rotatable bonds is 9. The molecule has 184 valence electrons. The number of benzene rings is 1. The van der Waals surface area contributed by atoms with Crippen LogP contribution in [0.25, 0.3) is 0 Å². The third kappa shape index (κ3) is 6.51. The van der Waals surface area contributed by atoms with E-state index in [9.17, 15) is 31.5 Å². The van der Waals surface area contributed by atoms with Crippen LogP contribution >= 0.6 is 0 Å². The molecule has 1 heterocycles. The number of hydrogen-bond donors (Lipinski definition) is 2. The number of hydrogen-bond acceptors (Lipinski definition) is 6. The molecular formula is C20H25F5N4O4. The van der Waals surface area contributed by atoms with Crippen LogP contribution in [0.1, 0.15) is 19.3 Å². The molecule has 1 atom stereocenters. The van der Waals surface area contributed by atoms with Crippen molar-refractivity contribution < 1.29 is 41.0 Å². The van der Waals surface area contributed by atoms with Crippen LogP contribution < -0.4 is 20.7 Å². The molecule has 0 bridgehead atoms. The topological polar surface area (TPSA) is 97.1 Å². The molecule has 1 aliphatic heterocycles. The molecule has 0 spiro atoms. The second kappa shape index (κ2) is 10.6. The van der Waals surface area contributed by atoms with Gasteiger partial charge in [-0.15, -0.1) is 0 Å². The first kappa shape index (κ1) is 25.1. The Labute approximate surface area is 186 Å². The fourth-order valence-electron chi connectivity index (χ4n) is 3.82. The zero-order valence-corrected chi connectivity index (χ0v) is 17.6. The third-order valence-corrected chi connectivity index (χ3v) is 5.55. The van der Waals surface area contributed by atoms with Crippen molar-refractivity contribution in [1.82, 2.24) is 4.90 Å².